The van der Waals surface area contributed by atoms with Crippen molar-refractivity contribution in [2.24, 2.45) is 0 Å². The third-order valence-electron chi connectivity index (χ3n) is 3.39. The van der Waals surface area contributed by atoms with Crippen LogP contribution in [0.15, 0.2) is 42.5 Å². The van der Waals surface area contributed by atoms with E-state index < -0.39 is 4.87 Å². The molecule has 2 aromatic carbocycles. The zero-order valence-corrected chi connectivity index (χ0v) is 12.1. The summed E-state index contributed by atoms with van der Waals surface area (Å²) < 4.78 is 5.32. The largest absolute Gasteiger partial charge is 0.496 e. The third kappa shape index (κ3) is 1.78. The topological polar surface area (TPSA) is 38.3 Å². The number of alkyl halides is 1. The van der Waals surface area contributed by atoms with Crippen LogP contribution in [0.4, 0.5) is 5.69 Å². The van der Waals surface area contributed by atoms with Gasteiger partial charge in [0.2, 0.25) is 0 Å². The Bertz CT molecular complexity index is 702. The molecule has 0 fully saturated rings. The fourth-order valence-corrected chi connectivity index (χ4v) is 2.97. The molecule has 1 aliphatic heterocycles. The van der Waals surface area contributed by atoms with E-state index >= 15 is 0 Å². The van der Waals surface area contributed by atoms with E-state index in [9.17, 15) is 4.79 Å². The molecule has 0 aromatic heterocycles. The minimum Gasteiger partial charge on any atom is -0.496 e. The first-order valence-electron chi connectivity index (χ1n) is 6.01. The lowest BCUT2D eigenvalue weighted by Gasteiger charge is -2.22. The molecule has 0 spiro atoms. The molecule has 102 valence electrons. The smallest absolute Gasteiger partial charge is 0.254 e. The van der Waals surface area contributed by atoms with Crippen molar-refractivity contribution in [2.75, 3.05) is 12.4 Å². The second-order valence-electron chi connectivity index (χ2n) is 4.50. The molecule has 1 atom stereocenters. The average Bonchev–Trinajstić information content (AvgIpc) is 2.72. The van der Waals surface area contributed by atoms with Gasteiger partial charge in [-0.3, -0.25) is 4.79 Å². The lowest BCUT2D eigenvalue weighted by molar-refractivity contribution is -0.117. The molecule has 1 N–H and O–H groups in total. The highest BCUT2D eigenvalue weighted by atomic mass is 35.5. The molecule has 3 rings (SSSR count). The molecule has 0 saturated heterocycles. The Morgan fingerprint density at radius 1 is 1.15 bits per heavy atom. The molecule has 5 heteroatoms. The lowest BCUT2D eigenvalue weighted by Crippen LogP contribution is -2.30. The van der Waals surface area contributed by atoms with Gasteiger partial charge >= 0.3 is 0 Å². The standard InChI is InChI=1S/C15H11Cl2NO2/c1-20-13-5-3-2-4-10(13)15(17)11-8-9(16)6-7-12(11)18-14(15)19/h2-8H,1H3,(H,18,19)/t15-/m0/s1. The van der Waals surface area contributed by atoms with Crippen LogP contribution in [0.25, 0.3) is 0 Å². The van der Waals surface area contributed by atoms with Crippen molar-refractivity contribution in [3.05, 3.63) is 58.6 Å². The van der Waals surface area contributed by atoms with Crippen molar-refractivity contribution in [2.45, 2.75) is 4.87 Å². The van der Waals surface area contributed by atoms with Crippen molar-refractivity contribution < 1.29 is 9.53 Å². The summed E-state index contributed by atoms with van der Waals surface area (Å²) in [5.74, 6) is 0.256. The van der Waals surface area contributed by atoms with E-state index in [4.69, 9.17) is 27.9 Å². The van der Waals surface area contributed by atoms with Crippen LogP contribution in [0, 0.1) is 0 Å². The second kappa shape index (κ2) is 4.69. The summed E-state index contributed by atoms with van der Waals surface area (Å²) in [6, 6.07) is 12.4. The SMILES string of the molecule is COc1ccccc1[C@@]1(Cl)C(=O)Nc2ccc(Cl)cc21. The Kier molecular flexibility index (Phi) is 3.11. The Balaban J connectivity index is 2.27. The zero-order chi connectivity index (χ0) is 14.3. The first-order chi connectivity index (χ1) is 9.57. The van der Waals surface area contributed by atoms with Crippen LogP contribution >= 0.6 is 23.2 Å². The predicted octanol–water partition coefficient (Wildman–Crippen LogP) is 3.78. The fraction of sp³-hybridized carbons (Fsp3) is 0.133. The molecule has 1 aliphatic rings. The molecular formula is C15H11Cl2NO2. The van der Waals surface area contributed by atoms with Gasteiger partial charge in [0, 0.05) is 21.8 Å². The molecule has 0 bridgehead atoms. The molecule has 2 aromatic rings. The van der Waals surface area contributed by atoms with E-state index in [0.717, 1.165) is 0 Å². The van der Waals surface area contributed by atoms with Gasteiger partial charge < -0.3 is 10.1 Å². The van der Waals surface area contributed by atoms with Gasteiger partial charge in [-0.15, -0.1) is 0 Å². The molecule has 1 amide bonds. The van der Waals surface area contributed by atoms with Crippen LogP contribution < -0.4 is 10.1 Å². The van der Waals surface area contributed by atoms with Crippen LogP contribution in [0.2, 0.25) is 5.02 Å². The maximum absolute atomic E-state index is 12.4. The molecule has 3 nitrogen and oxygen atoms in total. The maximum atomic E-state index is 12.4. The minimum atomic E-state index is -1.33. The number of halogens is 2. The molecule has 0 aliphatic carbocycles. The Morgan fingerprint density at radius 2 is 1.90 bits per heavy atom. The van der Waals surface area contributed by atoms with Crippen molar-refractivity contribution in [3.8, 4) is 5.75 Å². The number of anilines is 1. The van der Waals surface area contributed by atoms with Crippen molar-refractivity contribution >= 4 is 34.8 Å². The third-order valence-corrected chi connectivity index (χ3v) is 4.21. The number of benzene rings is 2. The van der Waals surface area contributed by atoms with Gasteiger partial charge in [0.05, 0.1) is 7.11 Å². The monoisotopic (exact) mass is 307 g/mol. The summed E-state index contributed by atoms with van der Waals surface area (Å²) in [4.78, 5) is 11.1. The van der Waals surface area contributed by atoms with Crippen molar-refractivity contribution in [1.82, 2.24) is 0 Å². The van der Waals surface area contributed by atoms with Gasteiger partial charge in [-0.05, 0) is 24.3 Å². The summed E-state index contributed by atoms with van der Waals surface area (Å²) in [5, 5.41) is 3.31. The number of ether oxygens (including phenoxy) is 1. The van der Waals surface area contributed by atoms with E-state index in [1.54, 1.807) is 37.4 Å². The van der Waals surface area contributed by atoms with E-state index in [1.165, 1.54) is 0 Å². The number of para-hydroxylation sites is 1. The average molecular weight is 308 g/mol. The summed E-state index contributed by atoms with van der Waals surface area (Å²) >= 11 is 12.7. The molecule has 0 unspecified atom stereocenters. The number of methoxy groups -OCH3 is 1. The summed E-state index contributed by atoms with van der Waals surface area (Å²) in [6.07, 6.45) is 0. The number of fused-ring (bicyclic) bond motifs is 1. The number of carbonyl (C=O) groups excluding carboxylic acids is 1. The number of rotatable bonds is 2. The van der Waals surface area contributed by atoms with Crippen LogP contribution in [-0.2, 0) is 9.67 Å². The van der Waals surface area contributed by atoms with Crippen LogP contribution in [0.3, 0.4) is 0 Å². The normalized spacial score (nSPS) is 20.4. The summed E-state index contributed by atoms with van der Waals surface area (Å²) in [7, 11) is 1.55. The Labute approximate surface area is 126 Å². The molecule has 0 radical (unpaired) electrons. The quantitative estimate of drug-likeness (QED) is 0.857. The van der Waals surface area contributed by atoms with Crippen molar-refractivity contribution in [1.29, 1.82) is 0 Å². The van der Waals surface area contributed by atoms with Crippen LogP contribution in [-0.4, -0.2) is 13.0 Å². The maximum Gasteiger partial charge on any atom is 0.254 e. The van der Waals surface area contributed by atoms with Gasteiger partial charge in [0.1, 0.15) is 5.75 Å². The van der Waals surface area contributed by atoms with Gasteiger partial charge in [0.15, 0.2) is 4.87 Å². The summed E-state index contributed by atoms with van der Waals surface area (Å²) in [5.41, 5.74) is 1.91. The number of hydrogen-bond donors (Lipinski definition) is 1. The van der Waals surface area contributed by atoms with E-state index in [0.29, 0.717) is 27.6 Å². The van der Waals surface area contributed by atoms with Gasteiger partial charge in [-0.2, -0.15) is 0 Å². The number of carbonyl (C=O) groups is 1. The molecule has 1 heterocycles. The highest BCUT2D eigenvalue weighted by molar-refractivity contribution is 6.41. The first kappa shape index (κ1) is 13.3. The predicted molar refractivity (Wildman–Crippen MR) is 79.7 cm³/mol. The number of nitrogens with one attached hydrogen (secondary N) is 1. The second-order valence-corrected chi connectivity index (χ2v) is 5.51. The summed E-state index contributed by atoms with van der Waals surface area (Å²) in [6.45, 7) is 0. The van der Waals surface area contributed by atoms with E-state index in [2.05, 4.69) is 5.32 Å². The van der Waals surface area contributed by atoms with Crippen LogP contribution in [0.1, 0.15) is 11.1 Å². The van der Waals surface area contributed by atoms with Gasteiger partial charge in [-0.1, -0.05) is 41.4 Å². The zero-order valence-electron chi connectivity index (χ0n) is 10.6. The van der Waals surface area contributed by atoms with Gasteiger partial charge in [-0.25, -0.2) is 0 Å². The van der Waals surface area contributed by atoms with Crippen molar-refractivity contribution in [3.63, 3.8) is 0 Å². The highest BCUT2D eigenvalue weighted by Crippen LogP contribution is 2.49. The molecule has 20 heavy (non-hydrogen) atoms. The van der Waals surface area contributed by atoms with Crippen LogP contribution in [0.5, 0.6) is 5.75 Å². The van der Waals surface area contributed by atoms with E-state index in [-0.39, 0.29) is 5.91 Å². The molecule has 0 saturated carbocycles. The molecular weight excluding hydrogens is 297 g/mol. The minimum absolute atomic E-state index is 0.305. The van der Waals surface area contributed by atoms with Gasteiger partial charge in [0.25, 0.3) is 5.91 Å². The Hall–Kier alpha value is -1.71. The highest BCUT2D eigenvalue weighted by Gasteiger charge is 2.48. The number of hydrogen-bond acceptors (Lipinski definition) is 2. The number of amides is 1. The first-order valence-corrected chi connectivity index (χ1v) is 6.77. The van der Waals surface area contributed by atoms with E-state index in [1.807, 2.05) is 12.1 Å². The lowest BCUT2D eigenvalue weighted by atomic mass is 9.91. The Morgan fingerprint density at radius 3 is 2.65 bits per heavy atom. The fourth-order valence-electron chi connectivity index (χ4n) is 2.44.